The number of carbonyl (C=O) groups is 1. The number of alkyl halides is 6. The Labute approximate surface area is 178 Å². The van der Waals surface area contributed by atoms with Gasteiger partial charge in [-0.15, -0.1) is 5.10 Å². The van der Waals surface area contributed by atoms with E-state index in [4.69, 9.17) is 0 Å². The van der Waals surface area contributed by atoms with Gasteiger partial charge in [0.15, 0.2) is 0 Å². The molecule has 0 fully saturated rings. The van der Waals surface area contributed by atoms with Gasteiger partial charge in [-0.1, -0.05) is 18.2 Å². The van der Waals surface area contributed by atoms with Crippen LogP contribution in [0.2, 0.25) is 0 Å². The van der Waals surface area contributed by atoms with E-state index in [-0.39, 0.29) is 30.7 Å². The smallest absolute Gasteiger partial charge is 0.341 e. The number of amides is 1. The van der Waals surface area contributed by atoms with E-state index in [9.17, 15) is 31.1 Å². The molecule has 0 aliphatic carbocycles. The van der Waals surface area contributed by atoms with Crippen molar-refractivity contribution >= 4 is 11.7 Å². The normalized spacial score (nSPS) is 12.4. The molecule has 0 N–H and O–H groups in total. The molecule has 0 aliphatic heterocycles. The van der Waals surface area contributed by atoms with Crippen LogP contribution in [0.1, 0.15) is 40.3 Å². The van der Waals surface area contributed by atoms with Crippen molar-refractivity contribution in [3.63, 3.8) is 0 Å². The number of rotatable bonds is 5. The summed E-state index contributed by atoms with van der Waals surface area (Å²) < 4.78 is 79.2. The number of nitrogens with zero attached hydrogens (tertiary/aromatic N) is 5. The molecule has 0 saturated carbocycles. The number of aryl methyl sites for hydroxylation is 2. The molecule has 3 aromatic rings. The van der Waals surface area contributed by atoms with E-state index in [1.54, 1.807) is 13.8 Å². The molecule has 32 heavy (non-hydrogen) atoms. The minimum Gasteiger partial charge on any atom is -0.341 e. The first-order valence-corrected chi connectivity index (χ1v) is 9.48. The van der Waals surface area contributed by atoms with Crippen LogP contribution in [0.5, 0.6) is 0 Å². The molecule has 1 amide bonds. The summed E-state index contributed by atoms with van der Waals surface area (Å²) in [6.45, 7) is 2.89. The van der Waals surface area contributed by atoms with E-state index < -0.39 is 29.6 Å². The predicted molar refractivity (Wildman–Crippen MR) is 101 cm³/mol. The second-order valence-electron chi connectivity index (χ2n) is 7.31. The third-order valence-electron chi connectivity index (χ3n) is 5.05. The highest BCUT2D eigenvalue weighted by Crippen LogP contribution is 2.32. The maximum atomic E-state index is 13.2. The molecule has 2 heterocycles. The standard InChI is InChI=1S/C20H19F6N5O/c1-11-14(12(2)31-18(27-11)28-17(29-31)20(24,25)26)8-9-16(32)30(3)10-13-6-4-5-7-15(13)19(21,22)23/h4-7H,8-10H2,1-3H3. The fourth-order valence-electron chi connectivity index (χ4n) is 3.39. The first-order chi connectivity index (χ1) is 14.8. The zero-order chi connectivity index (χ0) is 23.8. The summed E-state index contributed by atoms with van der Waals surface area (Å²) >= 11 is 0. The van der Waals surface area contributed by atoms with E-state index in [2.05, 4.69) is 15.1 Å². The lowest BCUT2D eigenvalue weighted by molar-refractivity contribution is -0.144. The van der Waals surface area contributed by atoms with Crippen molar-refractivity contribution in [2.75, 3.05) is 7.05 Å². The number of hydrogen-bond donors (Lipinski definition) is 0. The third kappa shape index (κ3) is 4.83. The van der Waals surface area contributed by atoms with Gasteiger partial charge in [-0.25, -0.2) is 9.50 Å². The van der Waals surface area contributed by atoms with Gasteiger partial charge in [-0.3, -0.25) is 4.79 Å². The first-order valence-electron chi connectivity index (χ1n) is 9.48. The Morgan fingerprint density at radius 3 is 2.31 bits per heavy atom. The van der Waals surface area contributed by atoms with Crippen LogP contribution >= 0.6 is 0 Å². The summed E-state index contributed by atoms with van der Waals surface area (Å²) in [7, 11) is 1.39. The molecule has 0 atom stereocenters. The first kappa shape index (κ1) is 23.5. The number of halogens is 6. The average Bonchev–Trinajstić information content (AvgIpc) is 3.12. The van der Waals surface area contributed by atoms with Crippen molar-refractivity contribution < 1.29 is 31.1 Å². The summed E-state index contributed by atoms with van der Waals surface area (Å²) in [6.07, 6.45) is -9.20. The Morgan fingerprint density at radius 2 is 1.69 bits per heavy atom. The van der Waals surface area contributed by atoms with Crippen molar-refractivity contribution in [2.45, 2.75) is 45.6 Å². The van der Waals surface area contributed by atoms with Gasteiger partial charge in [0.2, 0.25) is 5.91 Å². The van der Waals surface area contributed by atoms with Crippen LogP contribution in [-0.2, 0) is 30.1 Å². The maximum absolute atomic E-state index is 13.2. The molecule has 0 radical (unpaired) electrons. The van der Waals surface area contributed by atoms with Crippen LogP contribution < -0.4 is 0 Å². The fourth-order valence-corrected chi connectivity index (χ4v) is 3.39. The molecule has 0 aliphatic rings. The van der Waals surface area contributed by atoms with Crippen LogP contribution in [0, 0.1) is 13.8 Å². The zero-order valence-corrected chi connectivity index (χ0v) is 17.3. The molecule has 172 valence electrons. The number of hydrogen-bond acceptors (Lipinski definition) is 4. The SMILES string of the molecule is Cc1nc2nc(C(F)(F)F)nn2c(C)c1CCC(=O)N(C)Cc1ccccc1C(F)(F)F. The minimum absolute atomic E-state index is 0.0337. The third-order valence-corrected chi connectivity index (χ3v) is 5.05. The summed E-state index contributed by atoms with van der Waals surface area (Å²) in [5.41, 5.74) is 0.428. The second kappa shape index (κ2) is 8.40. The van der Waals surface area contributed by atoms with E-state index in [0.717, 1.165) is 10.6 Å². The zero-order valence-electron chi connectivity index (χ0n) is 17.3. The molecule has 0 spiro atoms. The van der Waals surface area contributed by atoms with E-state index in [1.807, 2.05) is 0 Å². The molecule has 0 unspecified atom stereocenters. The van der Waals surface area contributed by atoms with Crippen molar-refractivity contribution in [3.8, 4) is 0 Å². The molecule has 6 nitrogen and oxygen atoms in total. The Bertz CT molecular complexity index is 1150. The molecular weight excluding hydrogens is 440 g/mol. The number of aromatic nitrogens is 4. The van der Waals surface area contributed by atoms with Gasteiger partial charge in [-0.05, 0) is 37.5 Å². The predicted octanol–water partition coefficient (Wildman–Crippen LogP) is 4.37. The lowest BCUT2D eigenvalue weighted by Gasteiger charge is -2.20. The molecule has 2 aromatic heterocycles. The van der Waals surface area contributed by atoms with E-state index >= 15 is 0 Å². The van der Waals surface area contributed by atoms with Gasteiger partial charge in [0, 0.05) is 31.4 Å². The van der Waals surface area contributed by atoms with Gasteiger partial charge in [0.25, 0.3) is 11.6 Å². The molecular formula is C20H19F6N5O. The Hall–Kier alpha value is -3.18. The Morgan fingerprint density at radius 1 is 1.03 bits per heavy atom. The van der Waals surface area contributed by atoms with Crippen molar-refractivity contribution in [1.29, 1.82) is 0 Å². The Balaban J connectivity index is 1.76. The molecule has 12 heteroatoms. The van der Waals surface area contributed by atoms with Crippen molar-refractivity contribution in [1.82, 2.24) is 24.5 Å². The number of carbonyl (C=O) groups excluding carboxylic acids is 1. The highest BCUT2D eigenvalue weighted by molar-refractivity contribution is 5.76. The van der Waals surface area contributed by atoms with Crippen LogP contribution in [0.25, 0.3) is 5.78 Å². The lowest BCUT2D eigenvalue weighted by Crippen LogP contribution is -2.28. The van der Waals surface area contributed by atoms with Gasteiger partial charge in [0.05, 0.1) is 5.56 Å². The van der Waals surface area contributed by atoms with Gasteiger partial charge >= 0.3 is 12.4 Å². The van der Waals surface area contributed by atoms with E-state index in [1.165, 1.54) is 30.1 Å². The molecule has 0 bridgehead atoms. The molecule has 0 saturated heterocycles. The number of benzene rings is 1. The summed E-state index contributed by atoms with van der Waals surface area (Å²) in [5, 5.41) is 3.45. The average molecular weight is 459 g/mol. The van der Waals surface area contributed by atoms with Crippen molar-refractivity contribution in [2.24, 2.45) is 0 Å². The molecule has 3 rings (SSSR count). The second-order valence-corrected chi connectivity index (χ2v) is 7.31. The largest absolute Gasteiger partial charge is 0.453 e. The van der Waals surface area contributed by atoms with E-state index in [0.29, 0.717) is 17.0 Å². The van der Waals surface area contributed by atoms with Crippen LogP contribution in [0.3, 0.4) is 0 Å². The fraction of sp³-hybridized carbons (Fsp3) is 0.400. The number of fused-ring (bicyclic) bond motifs is 1. The minimum atomic E-state index is -4.72. The van der Waals surface area contributed by atoms with Crippen LogP contribution in [-0.4, -0.2) is 37.4 Å². The maximum Gasteiger partial charge on any atom is 0.453 e. The highest BCUT2D eigenvalue weighted by Gasteiger charge is 2.37. The topological polar surface area (TPSA) is 63.4 Å². The summed E-state index contributed by atoms with van der Waals surface area (Å²) in [4.78, 5) is 21.2. The van der Waals surface area contributed by atoms with Crippen LogP contribution in [0.15, 0.2) is 24.3 Å². The lowest BCUT2D eigenvalue weighted by atomic mass is 10.0. The monoisotopic (exact) mass is 459 g/mol. The van der Waals surface area contributed by atoms with Gasteiger partial charge < -0.3 is 4.90 Å². The summed E-state index contributed by atoms with van der Waals surface area (Å²) in [5.74, 6) is -1.94. The Kier molecular flexibility index (Phi) is 6.16. The molecule has 1 aromatic carbocycles. The van der Waals surface area contributed by atoms with Crippen LogP contribution in [0.4, 0.5) is 26.3 Å². The quantitative estimate of drug-likeness (QED) is 0.532. The van der Waals surface area contributed by atoms with Crippen molar-refractivity contribution in [3.05, 3.63) is 58.2 Å². The van der Waals surface area contributed by atoms with Gasteiger partial charge in [-0.2, -0.15) is 31.3 Å². The van der Waals surface area contributed by atoms with Gasteiger partial charge in [0.1, 0.15) is 0 Å². The summed E-state index contributed by atoms with van der Waals surface area (Å²) in [6, 6.07) is 5.00. The highest BCUT2D eigenvalue weighted by atomic mass is 19.4.